The first-order valence-corrected chi connectivity index (χ1v) is 21.5. The predicted octanol–water partition coefficient (Wildman–Crippen LogP) is 11.4. The van der Waals surface area contributed by atoms with Crippen molar-refractivity contribution in [1.82, 2.24) is 5.32 Å². The number of carbonyl (C=O) groups excluding carboxylic acids is 1. The summed E-state index contributed by atoms with van der Waals surface area (Å²) in [5, 5.41) is 13.2. The van der Waals surface area contributed by atoms with Crippen LogP contribution in [-0.4, -0.2) is 41.9 Å². The summed E-state index contributed by atoms with van der Waals surface area (Å²) in [6.07, 6.45) is 40.6. The minimum atomic E-state index is -4.33. The zero-order valence-corrected chi connectivity index (χ0v) is 31.3. The molecule has 0 aromatic rings. The highest BCUT2D eigenvalue weighted by Gasteiger charge is 2.24. The van der Waals surface area contributed by atoms with Gasteiger partial charge in [-0.1, -0.05) is 199 Å². The third-order valence-corrected chi connectivity index (χ3v) is 9.99. The van der Waals surface area contributed by atoms with Gasteiger partial charge >= 0.3 is 0 Å². The first kappa shape index (κ1) is 45.1. The average Bonchev–Trinajstić information content (AvgIpc) is 3.01. The molecule has 0 fully saturated rings. The van der Waals surface area contributed by atoms with E-state index >= 15 is 0 Å². The third kappa shape index (κ3) is 34.4. The van der Waals surface area contributed by atoms with Crippen LogP contribution >= 0.6 is 0 Å². The number of aliphatic hydroxyl groups excluding tert-OH is 1. The van der Waals surface area contributed by atoms with Crippen LogP contribution in [0.3, 0.4) is 0 Å². The summed E-state index contributed by atoms with van der Waals surface area (Å²) in [5.41, 5.74) is 0. The normalized spacial score (nSPS) is 13.4. The Labute approximate surface area is 286 Å². The second-order valence-corrected chi connectivity index (χ2v) is 15.4. The van der Waals surface area contributed by atoms with Gasteiger partial charge in [-0.05, 0) is 19.3 Å². The van der Waals surface area contributed by atoms with Crippen LogP contribution in [0.1, 0.15) is 213 Å². The number of rotatable bonds is 36. The van der Waals surface area contributed by atoms with Crippen molar-refractivity contribution in [3.8, 4) is 0 Å². The van der Waals surface area contributed by atoms with E-state index in [2.05, 4.69) is 19.2 Å². The number of hydrogen-bond acceptors (Lipinski definition) is 4. The van der Waals surface area contributed by atoms with E-state index in [-0.39, 0.29) is 5.91 Å². The highest BCUT2D eigenvalue weighted by Crippen LogP contribution is 2.15. The maximum Gasteiger partial charge on any atom is 0.267 e. The number of carbonyl (C=O) groups is 1. The number of unbranched alkanes of at least 4 members (excludes halogenated alkanes) is 28. The molecule has 46 heavy (non-hydrogen) atoms. The molecule has 6 nitrogen and oxygen atoms in total. The maximum atomic E-state index is 12.4. The first-order valence-electron chi connectivity index (χ1n) is 19.9. The van der Waals surface area contributed by atoms with Crippen molar-refractivity contribution < 1.29 is 22.9 Å². The van der Waals surface area contributed by atoms with Crippen LogP contribution in [0, 0.1) is 0 Å². The van der Waals surface area contributed by atoms with Gasteiger partial charge in [0.25, 0.3) is 10.1 Å². The quantitative estimate of drug-likeness (QED) is 0.0349. The highest BCUT2D eigenvalue weighted by atomic mass is 32.2. The molecule has 2 unspecified atom stereocenters. The Bertz CT molecular complexity index is 785. The molecule has 0 aliphatic heterocycles. The number of nitrogens with one attached hydrogen (secondary N) is 1. The molecule has 0 aliphatic carbocycles. The van der Waals surface area contributed by atoms with E-state index in [0.29, 0.717) is 6.42 Å². The van der Waals surface area contributed by atoms with E-state index in [1.807, 2.05) is 6.08 Å². The second kappa shape index (κ2) is 34.0. The predicted molar refractivity (Wildman–Crippen MR) is 198 cm³/mol. The Balaban J connectivity index is 3.87. The molecule has 0 aliphatic rings. The summed E-state index contributed by atoms with van der Waals surface area (Å²) in [4.78, 5) is 12.4. The first-order chi connectivity index (χ1) is 22.3. The fraction of sp³-hybridized carbons (Fsp3) is 0.923. The number of hydrogen-bond donors (Lipinski definition) is 3. The van der Waals surface area contributed by atoms with Crippen LogP contribution in [0.2, 0.25) is 0 Å². The van der Waals surface area contributed by atoms with Crippen molar-refractivity contribution in [2.24, 2.45) is 0 Å². The molecule has 0 saturated heterocycles. The van der Waals surface area contributed by atoms with E-state index in [0.717, 1.165) is 38.5 Å². The van der Waals surface area contributed by atoms with Crippen molar-refractivity contribution >= 4 is 16.0 Å². The second-order valence-electron chi connectivity index (χ2n) is 13.9. The van der Waals surface area contributed by atoms with E-state index in [4.69, 9.17) is 0 Å². The molecule has 0 radical (unpaired) electrons. The molecule has 3 N–H and O–H groups in total. The Hall–Kier alpha value is -0.920. The van der Waals surface area contributed by atoms with Gasteiger partial charge in [0, 0.05) is 6.42 Å². The van der Waals surface area contributed by atoms with E-state index in [1.54, 1.807) is 6.08 Å². The van der Waals surface area contributed by atoms with Crippen LogP contribution in [0.4, 0.5) is 0 Å². The van der Waals surface area contributed by atoms with Crippen LogP contribution in [0.5, 0.6) is 0 Å². The zero-order chi connectivity index (χ0) is 34.0. The van der Waals surface area contributed by atoms with Gasteiger partial charge in [0.2, 0.25) is 5.91 Å². The van der Waals surface area contributed by atoms with Crippen LogP contribution < -0.4 is 5.32 Å². The van der Waals surface area contributed by atoms with Gasteiger partial charge in [0.1, 0.15) is 0 Å². The minimum absolute atomic E-state index is 0.277. The molecule has 1 amide bonds. The van der Waals surface area contributed by atoms with Crippen molar-refractivity contribution in [1.29, 1.82) is 0 Å². The summed E-state index contributed by atoms with van der Waals surface area (Å²) in [6, 6.07) is -1.05. The standard InChI is InChI=1S/C39H77NO5S/c1-3-5-7-9-11-13-15-16-17-18-19-20-21-22-23-25-26-28-30-32-34-38(41)37(36-46(43,44)45)40-39(42)35-33-31-29-27-24-14-12-10-8-6-4-2/h32,34,37-38,41H,3-31,33,35-36H2,1-2H3,(H,40,42)(H,43,44,45)/b34-32+. The van der Waals surface area contributed by atoms with Crippen LogP contribution in [0.25, 0.3) is 0 Å². The number of allylic oxidation sites excluding steroid dienone is 1. The molecule has 0 aromatic carbocycles. The largest absolute Gasteiger partial charge is 0.387 e. The lowest BCUT2D eigenvalue weighted by molar-refractivity contribution is -0.122. The molecular formula is C39H77NO5S. The lowest BCUT2D eigenvalue weighted by atomic mass is 10.0. The highest BCUT2D eigenvalue weighted by molar-refractivity contribution is 7.85. The van der Waals surface area contributed by atoms with Gasteiger partial charge in [-0.15, -0.1) is 0 Å². The van der Waals surface area contributed by atoms with E-state index in [9.17, 15) is 22.9 Å². The summed E-state index contributed by atoms with van der Waals surface area (Å²) in [5.74, 6) is -0.970. The summed E-state index contributed by atoms with van der Waals surface area (Å²) in [7, 11) is -4.33. The average molecular weight is 672 g/mol. The number of aliphatic hydroxyl groups is 1. The molecule has 0 heterocycles. The van der Waals surface area contributed by atoms with Gasteiger partial charge in [0.15, 0.2) is 0 Å². The fourth-order valence-corrected chi connectivity index (χ4v) is 6.95. The van der Waals surface area contributed by atoms with Gasteiger partial charge in [-0.25, -0.2) is 0 Å². The molecule has 0 spiro atoms. The number of amides is 1. The van der Waals surface area contributed by atoms with Crippen molar-refractivity contribution in [2.45, 2.75) is 225 Å². The van der Waals surface area contributed by atoms with Crippen LogP contribution in [0.15, 0.2) is 12.2 Å². The molecule has 0 bridgehead atoms. The topological polar surface area (TPSA) is 104 Å². The van der Waals surface area contributed by atoms with Gasteiger partial charge < -0.3 is 10.4 Å². The Morgan fingerprint density at radius 2 is 0.891 bits per heavy atom. The Morgan fingerprint density at radius 3 is 1.24 bits per heavy atom. The lowest BCUT2D eigenvalue weighted by Gasteiger charge is -2.21. The fourth-order valence-electron chi connectivity index (χ4n) is 6.21. The smallest absolute Gasteiger partial charge is 0.267 e. The minimum Gasteiger partial charge on any atom is -0.387 e. The monoisotopic (exact) mass is 672 g/mol. The molecule has 2 atom stereocenters. The summed E-state index contributed by atoms with van der Waals surface area (Å²) < 4.78 is 32.4. The zero-order valence-electron chi connectivity index (χ0n) is 30.5. The lowest BCUT2D eigenvalue weighted by Crippen LogP contribution is -2.46. The molecule has 0 aromatic heterocycles. The molecule has 274 valence electrons. The van der Waals surface area contributed by atoms with Gasteiger partial charge in [-0.2, -0.15) is 8.42 Å². The Kier molecular flexibility index (Phi) is 33.3. The molecular weight excluding hydrogens is 594 g/mol. The van der Waals surface area contributed by atoms with Gasteiger partial charge in [-0.3, -0.25) is 9.35 Å². The SMILES string of the molecule is CCCCCCCCCCCCCCCCCCCC/C=C/C(O)C(CS(=O)(=O)O)NC(=O)CCCCCCCCCCCCC. The van der Waals surface area contributed by atoms with Crippen molar-refractivity contribution in [3.63, 3.8) is 0 Å². The van der Waals surface area contributed by atoms with Crippen molar-refractivity contribution in [3.05, 3.63) is 12.2 Å². The van der Waals surface area contributed by atoms with Crippen LogP contribution in [-0.2, 0) is 14.9 Å². The Morgan fingerprint density at radius 1 is 0.565 bits per heavy atom. The molecule has 7 heteroatoms. The molecule has 0 saturated carbocycles. The van der Waals surface area contributed by atoms with Gasteiger partial charge in [0.05, 0.1) is 17.9 Å². The summed E-state index contributed by atoms with van der Waals surface area (Å²) >= 11 is 0. The molecule has 0 rings (SSSR count). The van der Waals surface area contributed by atoms with Crippen molar-refractivity contribution in [2.75, 3.05) is 5.75 Å². The summed E-state index contributed by atoms with van der Waals surface area (Å²) in [6.45, 7) is 4.51. The maximum absolute atomic E-state index is 12.4. The van der Waals surface area contributed by atoms with E-state index < -0.39 is 28.0 Å². The van der Waals surface area contributed by atoms with E-state index in [1.165, 1.54) is 154 Å². The third-order valence-electron chi connectivity index (χ3n) is 9.21.